The molecule has 1 amide bonds. The molecule has 1 aromatic heterocycles. The van der Waals surface area contributed by atoms with Crippen LogP contribution in [0.25, 0.3) is 22.0 Å². The van der Waals surface area contributed by atoms with Crippen LogP contribution in [0.1, 0.15) is 0 Å². The zero-order valence-electron chi connectivity index (χ0n) is 12.9. The van der Waals surface area contributed by atoms with Crippen molar-refractivity contribution in [1.82, 2.24) is 4.98 Å². The minimum absolute atomic E-state index is 0.0663. The largest absolute Gasteiger partial charge is 0.573 e. The van der Waals surface area contributed by atoms with Crippen molar-refractivity contribution in [1.29, 1.82) is 0 Å². The minimum atomic E-state index is -4.87. The SMILES string of the molecule is O=C(O)Nc1ccc2cc(-c3ccccc3OC(F)(F)F)[nH]c(=O)c2c1. The lowest BCUT2D eigenvalue weighted by atomic mass is 10.1. The standard InChI is InChI=1S/C17H11F3N2O4/c18-17(19,20)26-14-4-2-1-3-11(14)13-7-9-5-6-10(21-16(24)25)8-12(9)15(23)22-13/h1-8,21H,(H,22,23)(H,24,25). The number of H-pyrrole nitrogens is 1. The van der Waals surface area contributed by atoms with Crippen molar-refractivity contribution in [3.63, 3.8) is 0 Å². The second-order valence-corrected chi connectivity index (χ2v) is 5.29. The first-order chi connectivity index (χ1) is 12.2. The van der Waals surface area contributed by atoms with E-state index in [-0.39, 0.29) is 22.3 Å². The molecular weight excluding hydrogens is 353 g/mol. The predicted octanol–water partition coefficient (Wildman–Crippen LogP) is 4.18. The van der Waals surface area contributed by atoms with Crippen LogP contribution in [-0.4, -0.2) is 22.5 Å². The van der Waals surface area contributed by atoms with Gasteiger partial charge in [0.25, 0.3) is 5.56 Å². The summed E-state index contributed by atoms with van der Waals surface area (Å²) in [6.07, 6.45) is -6.15. The highest BCUT2D eigenvalue weighted by Gasteiger charge is 2.32. The first-order valence-corrected chi connectivity index (χ1v) is 7.25. The van der Waals surface area contributed by atoms with Gasteiger partial charge in [-0.1, -0.05) is 18.2 Å². The highest BCUT2D eigenvalue weighted by Crippen LogP contribution is 2.33. The maximum atomic E-state index is 12.6. The van der Waals surface area contributed by atoms with Gasteiger partial charge in [-0.15, -0.1) is 13.2 Å². The molecule has 9 heteroatoms. The summed E-state index contributed by atoms with van der Waals surface area (Å²) in [5, 5.41) is 11.5. The lowest BCUT2D eigenvalue weighted by molar-refractivity contribution is -0.274. The second kappa shape index (κ2) is 6.43. The molecule has 0 aliphatic rings. The van der Waals surface area contributed by atoms with Crippen molar-refractivity contribution in [3.8, 4) is 17.0 Å². The molecule has 0 atom stereocenters. The Hall–Kier alpha value is -3.49. The molecule has 134 valence electrons. The van der Waals surface area contributed by atoms with Gasteiger partial charge in [0.2, 0.25) is 0 Å². The Morgan fingerprint density at radius 1 is 1.12 bits per heavy atom. The Bertz CT molecular complexity index is 1040. The fourth-order valence-electron chi connectivity index (χ4n) is 2.51. The number of rotatable bonds is 3. The van der Waals surface area contributed by atoms with E-state index in [9.17, 15) is 22.8 Å². The number of aromatic amines is 1. The molecule has 3 N–H and O–H groups in total. The topological polar surface area (TPSA) is 91.4 Å². The van der Waals surface area contributed by atoms with Gasteiger partial charge in [0, 0.05) is 16.6 Å². The lowest BCUT2D eigenvalue weighted by Crippen LogP contribution is -2.18. The maximum absolute atomic E-state index is 12.6. The van der Waals surface area contributed by atoms with Gasteiger partial charge in [0.1, 0.15) is 5.75 Å². The van der Waals surface area contributed by atoms with Crippen LogP contribution in [0.4, 0.5) is 23.7 Å². The Kier molecular flexibility index (Phi) is 4.29. The molecule has 0 bridgehead atoms. The predicted molar refractivity (Wildman–Crippen MR) is 88.3 cm³/mol. The van der Waals surface area contributed by atoms with Crippen LogP contribution in [-0.2, 0) is 0 Å². The monoisotopic (exact) mass is 364 g/mol. The quantitative estimate of drug-likeness (QED) is 0.650. The van der Waals surface area contributed by atoms with Crippen LogP contribution >= 0.6 is 0 Å². The van der Waals surface area contributed by atoms with Gasteiger partial charge >= 0.3 is 12.5 Å². The van der Waals surface area contributed by atoms with Gasteiger partial charge in [-0.3, -0.25) is 10.1 Å². The molecule has 0 spiro atoms. The molecule has 0 aliphatic carbocycles. The number of hydrogen-bond donors (Lipinski definition) is 3. The molecule has 3 rings (SSSR count). The van der Waals surface area contributed by atoms with Crippen LogP contribution in [0.3, 0.4) is 0 Å². The van der Waals surface area contributed by atoms with Crippen molar-refractivity contribution in [2.45, 2.75) is 6.36 Å². The zero-order valence-corrected chi connectivity index (χ0v) is 12.9. The molecule has 0 saturated heterocycles. The van der Waals surface area contributed by atoms with Crippen molar-refractivity contribution in [2.24, 2.45) is 0 Å². The Morgan fingerprint density at radius 2 is 1.85 bits per heavy atom. The number of carbonyl (C=O) groups is 1. The molecule has 0 radical (unpaired) electrons. The first-order valence-electron chi connectivity index (χ1n) is 7.25. The van der Waals surface area contributed by atoms with Gasteiger partial charge in [-0.05, 0) is 35.7 Å². The van der Waals surface area contributed by atoms with E-state index in [1.54, 1.807) is 0 Å². The van der Waals surface area contributed by atoms with Crippen molar-refractivity contribution >= 4 is 22.6 Å². The molecule has 2 aromatic carbocycles. The fraction of sp³-hybridized carbons (Fsp3) is 0.0588. The number of alkyl halides is 3. The summed E-state index contributed by atoms with van der Waals surface area (Å²) in [4.78, 5) is 25.5. The number of ether oxygens (including phenoxy) is 1. The van der Waals surface area contributed by atoms with E-state index < -0.39 is 23.8 Å². The summed E-state index contributed by atoms with van der Waals surface area (Å²) in [6, 6.07) is 11.2. The number of nitrogens with one attached hydrogen (secondary N) is 2. The molecule has 0 fully saturated rings. The van der Waals surface area contributed by atoms with Crippen LogP contribution < -0.4 is 15.6 Å². The van der Waals surface area contributed by atoms with E-state index in [1.165, 1.54) is 42.5 Å². The van der Waals surface area contributed by atoms with E-state index in [1.807, 2.05) is 0 Å². The molecule has 1 heterocycles. The first kappa shape index (κ1) is 17.3. The Balaban J connectivity index is 2.11. The van der Waals surface area contributed by atoms with Crippen molar-refractivity contribution in [2.75, 3.05) is 5.32 Å². The number of fused-ring (bicyclic) bond motifs is 1. The summed E-state index contributed by atoms with van der Waals surface area (Å²) in [5.41, 5.74) is -0.171. The molecule has 0 aliphatic heterocycles. The lowest BCUT2D eigenvalue weighted by Gasteiger charge is -2.13. The van der Waals surface area contributed by atoms with E-state index >= 15 is 0 Å². The van der Waals surface area contributed by atoms with Crippen LogP contribution in [0, 0.1) is 0 Å². The average Bonchev–Trinajstić information content (AvgIpc) is 2.54. The minimum Gasteiger partial charge on any atom is -0.465 e. The average molecular weight is 364 g/mol. The highest BCUT2D eigenvalue weighted by atomic mass is 19.4. The van der Waals surface area contributed by atoms with Crippen LogP contribution in [0.5, 0.6) is 5.75 Å². The van der Waals surface area contributed by atoms with Gasteiger partial charge in [0.15, 0.2) is 0 Å². The number of carboxylic acid groups (broad SMARTS) is 1. The second-order valence-electron chi connectivity index (χ2n) is 5.29. The highest BCUT2D eigenvalue weighted by molar-refractivity contribution is 5.91. The van der Waals surface area contributed by atoms with Crippen LogP contribution in [0.15, 0.2) is 53.3 Å². The van der Waals surface area contributed by atoms with E-state index in [4.69, 9.17) is 5.11 Å². The smallest absolute Gasteiger partial charge is 0.465 e. The zero-order chi connectivity index (χ0) is 18.9. The number of benzene rings is 2. The number of hydrogen-bond acceptors (Lipinski definition) is 3. The Morgan fingerprint density at radius 3 is 2.54 bits per heavy atom. The van der Waals surface area contributed by atoms with E-state index in [0.29, 0.717) is 5.39 Å². The van der Waals surface area contributed by atoms with Gasteiger partial charge in [-0.2, -0.15) is 0 Å². The molecule has 6 nitrogen and oxygen atoms in total. The van der Waals surface area contributed by atoms with Crippen molar-refractivity contribution < 1.29 is 27.8 Å². The maximum Gasteiger partial charge on any atom is 0.573 e. The summed E-state index contributed by atoms with van der Waals surface area (Å²) in [7, 11) is 0. The van der Waals surface area contributed by atoms with Gasteiger partial charge in [-0.25, -0.2) is 4.79 Å². The molecule has 3 aromatic rings. The third-order valence-electron chi connectivity index (χ3n) is 3.50. The fourth-order valence-corrected chi connectivity index (χ4v) is 2.51. The third kappa shape index (κ3) is 3.77. The molecular formula is C17H11F3N2O4. The summed E-state index contributed by atoms with van der Waals surface area (Å²) < 4.78 is 41.7. The Labute approximate surface area is 143 Å². The normalized spacial score (nSPS) is 11.3. The number of para-hydroxylation sites is 1. The van der Waals surface area contributed by atoms with Gasteiger partial charge < -0.3 is 14.8 Å². The number of anilines is 1. The molecule has 0 saturated carbocycles. The number of halogens is 3. The number of amides is 1. The molecule has 0 unspecified atom stereocenters. The number of aromatic nitrogens is 1. The summed E-state index contributed by atoms with van der Waals surface area (Å²) >= 11 is 0. The third-order valence-corrected chi connectivity index (χ3v) is 3.50. The van der Waals surface area contributed by atoms with Crippen molar-refractivity contribution in [3.05, 3.63) is 58.9 Å². The van der Waals surface area contributed by atoms with Crippen LogP contribution in [0.2, 0.25) is 0 Å². The molecule has 26 heavy (non-hydrogen) atoms. The van der Waals surface area contributed by atoms with Gasteiger partial charge in [0.05, 0.1) is 5.69 Å². The number of pyridine rings is 1. The summed E-state index contributed by atoms with van der Waals surface area (Å²) in [5.74, 6) is -0.445. The summed E-state index contributed by atoms with van der Waals surface area (Å²) in [6.45, 7) is 0. The van der Waals surface area contributed by atoms with E-state index in [2.05, 4.69) is 15.0 Å². The van der Waals surface area contributed by atoms with E-state index in [0.717, 1.165) is 6.07 Å².